The summed E-state index contributed by atoms with van der Waals surface area (Å²) in [5.74, 6) is -0.202. The van der Waals surface area contributed by atoms with Crippen molar-refractivity contribution in [1.29, 1.82) is 0 Å². The Hall–Kier alpha value is -2.20. The lowest BCUT2D eigenvalue weighted by Gasteiger charge is -2.08. The van der Waals surface area contributed by atoms with E-state index in [4.69, 9.17) is 4.99 Å². The Morgan fingerprint density at radius 3 is 2.46 bits per heavy atom. The largest absolute Gasteiger partial charge is 0.313 e. The van der Waals surface area contributed by atoms with Crippen molar-refractivity contribution in [3.05, 3.63) is 69.6 Å². The number of nitrogens with zero attached hydrogens (tertiary/aromatic N) is 2. The molecule has 1 aromatic heterocycles. The van der Waals surface area contributed by atoms with E-state index in [-0.39, 0.29) is 5.82 Å². The van der Waals surface area contributed by atoms with Crippen LogP contribution in [0.3, 0.4) is 0 Å². The fourth-order valence-corrected chi connectivity index (χ4v) is 3.81. The van der Waals surface area contributed by atoms with Crippen molar-refractivity contribution in [3.63, 3.8) is 0 Å². The van der Waals surface area contributed by atoms with Gasteiger partial charge in [-0.15, -0.1) is 11.3 Å². The summed E-state index contributed by atoms with van der Waals surface area (Å²) < 4.78 is 15.5. The van der Waals surface area contributed by atoms with Crippen LogP contribution in [-0.2, 0) is 0 Å². The average molecular weight is 338 g/mol. The third-order valence-electron chi connectivity index (χ3n) is 4.51. The zero-order chi connectivity index (χ0) is 16.7. The highest BCUT2D eigenvalue weighted by molar-refractivity contribution is 7.07. The fraction of sp³-hybridized carbons (Fsp3) is 0.250. The monoisotopic (exact) mass is 338 g/mol. The molecule has 4 heteroatoms. The minimum atomic E-state index is -0.202. The van der Waals surface area contributed by atoms with E-state index in [1.54, 1.807) is 11.3 Å². The van der Waals surface area contributed by atoms with Gasteiger partial charge < -0.3 is 4.57 Å². The van der Waals surface area contributed by atoms with Crippen molar-refractivity contribution in [1.82, 2.24) is 4.57 Å². The van der Waals surface area contributed by atoms with E-state index < -0.39 is 0 Å². The van der Waals surface area contributed by atoms with Gasteiger partial charge in [0.1, 0.15) is 5.82 Å². The lowest BCUT2D eigenvalue weighted by atomic mass is 10.1. The number of thiazole rings is 1. The van der Waals surface area contributed by atoms with Gasteiger partial charge in [-0.2, -0.15) is 0 Å². The molecule has 0 radical (unpaired) electrons. The van der Waals surface area contributed by atoms with Crippen molar-refractivity contribution in [2.24, 2.45) is 4.99 Å². The van der Waals surface area contributed by atoms with E-state index in [1.807, 2.05) is 12.1 Å². The second-order valence-corrected chi connectivity index (χ2v) is 7.23. The van der Waals surface area contributed by atoms with Gasteiger partial charge in [0, 0.05) is 11.4 Å². The molecular weight excluding hydrogens is 319 g/mol. The Balaban J connectivity index is 1.83. The van der Waals surface area contributed by atoms with Crippen molar-refractivity contribution < 1.29 is 4.39 Å². The van der Waals surface area contributed by atoms with Crippen LogP contribution in [0.25, 0.3) is 11.3 Å². The molecular formula is C20H19FN2S. The van der Waals surface area contributed by atoms with Crippen molar-refractivity contribution in [2.75, 3.05) is 0 Å². The van der Waals surface area contributed by atoms with Crippen LogP contribution in [0.2, 0.25) is 0 Å². The first-order valence-electron chi connectivity index (χ1n) is 8.20. The minimum Gasteiger partial charge on any atom is -0.313 e. The van der Waals surface area contributed by atoms with Crippen molar-refractivity contribution in [2.45, 2.75) is 32.7 Å². The molecule has 4 rings (SSSR count). The Morgan fingerprint density at radius 1 is 1.04 bits per heavy atom. The van der Waals surface area contributed by atoms with E-state index in [1.165, 1.54) is 36.1 Å². The van der Waals surface area contributed by atoms with Crippen LogP contribution in [0, 0.1) is 19.7 Å². The van der Waals surface area contributed by atoms with E-state index in [0.29, 0.717) is 6.04 Å². The van der Waals surface area contributed by atoms with E-state index >= 15 is 0 Å². The standard InChI is InChI=1S/C20H19FN2S/c1-13-3-8-17(11-14(13)2)22-20-23(18-9-10-18)19(12-24-20)15-4-6-16(21)7-5-15/h3-8,11-12,18H,9-10H2,1-2H3. The molecule has 122 valence electrons. The smallest absolute Gasteiger partial charge is 0.190 e. The van der Waals surface area contributed by atoms with Gasteiger partial charge in [0.05, 0.1) is 11.4 Å². The van der Waals surface area contributed by atoms with Gasteiger partial charge in [0.2, 0.25) is 0 Å². The topological polar surface area (TPSA) is 17.3 Å². The van der Waals surface area contributed by atoms with Crippen LogP contribution >= 0.6 is 11.3 Å². The molecule has 2 aromatic carbocycles. The summed E-state index contributed by atoms with van der Waals surface area (Å²) in [6.07, 6.45) is 2.37. The number of hydrogen-bond donors (Lipinski definition) is 0. The Bertz CT molecular complexity index is 947. The molecule has 1 saturated carbocycles. The molecule has 1 fully saturated rings. The molecule has 1 heterocycles. The number of aryl methyl sites for hydroxylation is 2. The highest BCUT2D eigenvalue weighted by Crippen LogP contribution is 2.38. The predicted molar refractivity (Wildman–Crippen MR) is 97.1 cm³/mol. The van der Waals surface area contributed by atoms with E-state index in [2.05, 4.69) is 42.0 Å². The first kappa shape index (κ1) is 15.3. The number of benzene rings is 2. The van der Waals surface area contributed by atoms with Crippen LogP contribution in [0.5, 0.6) is 0 Å². The summed E-state index contributed by atoms with van der Waals surface area (Å²) in [5, 5.41) is 2.13. The lowest BCUT2D eigenvalue weighted by molar-refractivity contribution is 0.628. The Morgan fingerprint density at radius 2 is 1.79 bits per heavy atom. The highest BCUT2D eigenvalue weighted by atomic mass is 32.1. The molecule has 0 N–H and O–H groups in total. The maximum absolute atomic E-state index is 13.2. The molecule has 0 aliphatic heterocycles. The minimum absolute atomic E-state index is 0.202. The first-order chi connectivity index (χ1) is 11.6. The van der Waals surface area contributed by atoms with E-state index in [0.717, 1.165) is 21.7 Å². The van der Waals surface area contributed by atoms with Crippen LogP contribution in [0.15, 0.2) is 52.8 Å². The maximum Gasteiger partial charge on any atom is 0.190 e. The van der Waals surface area contributed by atoms with E-state index in [9.17, 15) is 4.39 Å². The first-order valence-corrected chi connectivity index (χ1v) is 9.08. The summed E-state index contributed by atoms with van der Waals surface area (Å²) in [6.45, 7) is 4.23. The summed E-state index contributed by atoms with van der Waals surface area (Å²) >= 11 is 1.65. The van der Waals surface area contributed by atoms with Gasteiger partial charge in [-0.1, -0.05) is 6.07 Å². The van der Waals surface area contributed by atoms with Gasteiger partial charge in [-0.05, 0) is 79.8 Å². The lowest BCUT2D eigenvalue weighted by Crippen LogP contribution is -2.14. The number of aromatic nitrogens is 1. The molecule has 0 amide bonds. The second-order valence-electron chi connectivity index (χ2n) is 6.39. The molecule has 24 heavy (non-hydrogen) atoms. The Kier molecular flexibility index (Phi) is 3.85. The van der Waals surface area contributed by atoms with Gasteiger partial charge in [0.15, 0.2) is 4.80 Å². The van der Waals surface area contributed by atoms with Crippen LogP contribution in [-0.4, -0.2) is 4.57 Å². The molecule has 0 spiro atoms. The zero-order valence-electron chi connectivity index (χ0n) is 13.8. The highest BCUT2D eigenvalue weighted by Gasteiger charge is 2.27. The third-order valence-corrected chi connectivity index (χ3v) is 5.35. The summed E-state index contributed by atoms with van der Waals surface area (Å²) in [7, 11) is 0. The molecule has 3 aromatic rings. The van der Waals surface area contributed by atoms with Crippen LogP contribution < -0.4 is 4.80 Å². The Labute approximate surface area is 144 Å². The predicted octanol–water partition coefficient (Wildman–Crippen LogP) is 5.54. The molecule has 0 atom stereocenters. The molecule has 2 nitrogen and oxygen atoms in total. The average Bonchev–Trinajstić information content (AvgIpc) is 3.33. The number of halogens is 1. The van der Waals surface area contributed by atoms with Crippen molar-refractivity contribution in [3.8, 4) is 11.3 Å². The number of hydrogen-bond acceptors (Lipinski definition) is 2. The normalized spacial score (nSPS) is 15.0. The fourth-order valence-electron chi connectivity index (χ4n) is 2.82. The van der Waals surface area contributed by atoms with Gasteiger partial charge in [0.25, 0.3) is 0 Å². The van der Waals surface area contributed by atoms with Gasteiger partial charge >= 0.3 is 0 Å². The molecule has 0 unspecified atom stereocenters. The summed E-state index contributed by atoms with van der Waals surface area (Å²) in [6, 6.07) is 13.5. The number of rotatable bonds is 3. The maximum atomic E-state index is 13.2. The van der Waals surface area contributed by atoms with Gasteiger partial charge in [-0.3, -0.25) is 0 Å². The summed E-state index contributed by atoms with van der Waals surface area (Å²) in [4.78, 5) is 5.89. The van der Waals surface area contributed by atoms with Crippen LogP contribution in [0.1, 0.15) is 30.0 Å². The van der Waals surface area contributed by atoms with Crippen molar-refractivity contribution >= 4 is 17.0 Å². The quantitative estimate of drug-likeness (QED) is 0.596. The third kappa shape index (κ3) is 2.94. The molecule has 0 saturated heterocycles. The zero-order valence-corrected chi connectivity index (χ0v) is 14.6. The molecule has 0 bridgehead atoms. The van der Waals surface area contributed by atoms with Crippen LogP contribution in [0.4, 0.5) is 10.1 Å². The SMILES string of the molecule is Cc1ccc(N=c2scc(-c3ccc(F)cc3)n2C2CC2)cc1C. The summed E-state index contributed by atoms with van der Waals surface area (Å²) in [5.41, 5.74) is 5.69. The molecule has 1 aliphatic carbocycles. The second kappa shape index (κ2) is 6.02. The molecule has 1 aliphatic rings. The van der Waals surface area contributed by atoms with Gasteiger partial charge in [-0.25, -0.2) is 9.38 Å².